The highest BCUT2D eigenvalue weighted by molar-refractivity contribution is 5.92. The number of hydrogen-bond donors (Lipinski definition) is 0. The minimum absolute atomic E-state index is 0.0348. The second-order valence-electron chi connectivity index (χ2n) is 11.2. The normalized spacial score (nSPS) is 17.0. The van der Waals surface area contributed by atoms with E-state index in [-0.39, 0.29) is 11.9 Å². The first-order chi connectivity index (χ1) is 19.1. The molecule has 2 saturated heterocycles. The minimum Gasteiger partial charge on any atom is -0.368 e. The number of piperidine rings is 1. The largest absolute Gasteiger partial charge is 0.368 e. The van der Waals surface area contributed by atoms with Crippen molar-refractivity contribution >= 4 is 17.3 Å². The van der Waals surface area contributed by atoms with Crippen molar-refractivity contribution < 1.29 is 4.79 Å². The highest BCUT2D eigenvalue weighted by Gasteiger charge is 2.29. The van der Waals surface area contributed by atoms with Crippen LogP contribution in [0.1, 0.15) is 49.2 Å². The molecule has 5 rings (SSSR count). The lowest BCUT2D eigenvalue weighted by molar-refractivity contribution is 0.0540. The number of benzene rings is 1. The summed E-state index contributed by atoms with van der Waals surface area (Å²) in [4.78, 5) is 31.7. The zero-order chi connectivity index (χ0) is 27.0. The number of amides is 1. The highest BCUT2D eigenvalue weighted by atomic mass is 16.2. The van der Waals surface area contributed by atoms with Crippen molar-refractivity contribution in [2.24, 2.45) is 5.92 Å². The Hall–Kier alpha value is -3.45. The molecule has 1 amide bonds. The van der Waals surface area contributed by atoms with E-state index < -0.39 is 0 Å². The Morgan fingerprint density at radius 3 is 2.08 bits per heavy atom. The minimum atomic E-state index is 0.0348. The van der Waals surface area contributed by atoms with Crippen molar-refractivity contribution in [3.05, 3.63) is 84.4 Å². The van der Waals surface area contributed by atoms with Gasteiger partial charge in [0.05, 0.1) is 0 Å². The van der Waals surface area contributed by atoms with Gasteiger partial charge in [-0.2, -0.15) is 0 Å². The fourth-order valence-electron chi connectivity index (χ4n) is 5.69. The Balaban J connectivity index is 1.22. The molecule has 7 heteroatoms. The van der Waals surface area contributed by atoms with Crippen LogP contribution in [0.2, 0.25) is 0 Å². The molecule has 4 heterocycles. The fourth-order valence-corrected chi connectivity index (χ4v) is 5.69. The summed E-state index contributed by atoms with van der Waals surface area (Å²) >= 11 is 0. The van der Waals surface area contributed by atoms with Gasteiger partial charge in [-0.15, -0.1) is 0 Å². The quantitative estimate of drug-likeness (QED) is 0.393. The van der Waals surface area contributed by atoms with Gasteiger partial charge in [0.25, 0.3) is 5.91 Å². The Morgan fingerprint density at radius 1 is 0.846 bits per heavy atom. The van der Waals surface area contributed by atoms with Crippen LogP contribution in [-0.4, -0.2) is 77.5 Å². The van der Waals surface area contributed by atoms with Gasteiger partial charge >= 0.3 is 0 Å². The Bertz CT molecular complexity index is 1150. The van der Waals surface area contributed by atoms with Gasteiger partial charge in [-0.1, -0.05) is 32.0 Å². The van der Waals surface area contributed by atoms with E-state index in [1.54, 1.807) is 6.20 Å². The van der Waals surface area contributed by atoms with Gasteiger partial charge in [0.1, 0.15) is 5.69 Å². The van der Waals surface area contributed by atoms with Gasteiger partial charge in [-0.05, 0) is 73.7 Å². The van der Waals surface area contributed by atoms with Crippen molar-refractivity contribution in [2.45, 2.75) is 45.7 Å². The molecule has 0 atom stereocenters. The van der Waals surface area contributed by atoms with Crippen molar-refractivity contribution in [1.82, 2.24) is 19.8 Å². The van der Waals surface area contributed by atoms with E-state index in [2.05, 4.69) is 79.8 Å². The summed E-state index contributed by atoms with van der Waals surface area (Å²) in [6.07, 6.45) is 8.68. The van der Waals surface area contributed by atoms with Crippen molar-refractivity contribution in [1.29, 1.82) is 0 Å². The zero-order valence-electron chi connectivity index (χ0n) is 23.5. The number of carbonyl (C=O) groups is 1. The summed E-state index contributed by atoms with van der Waals surface area (Å²) in [5.41, 5.74) is 4.18. The number of pyridine rings is 2. The van der Waals surface area contributed by atoms with E-state index in [1.807, 2.05) is 30.6 Å². The molecule has 0 saturated carbocycles. The molecular weight excluding hydrogens is 484 g/mol. The Morgan fingerprint density at radius 2 is 1.49 bits per heavy atom. The van der Waals surface area contributed by atoms with E-state index in [0.29, 0.717) is 12.2 Å². The van der Waals surface area contributed by atoms with Crippen molar-refractivity contribution in [3.63, 3.8) is 0 Å². The molecule has 1 aromatic carbocycles. The first-order valence-electron chi connectivity index (χ1n) is 14.5. The molecule has 2 aromatic heterocycles. The van der Waals surface area contributed by atoms with Gasteiger partial charge in [-0.3, -0.25) is 14.8 Å². The number of nitrogens with zero attached hydrogens (tertiary/aromatic N) is 6. The van der Waals surface area contributed by atoms with Gasteiger partial charge in [0.2, 0.25) is 0 Å². The maximum atomic E-state index is 13.6. The van der Waals surface area contributed by atoms with Crippen LogP contribution in [0, 0.1) is 5.92 Å². The van der Waals surface area contributed by atoms with Crippen molar-refractivity contribution in [3.8, 4) is 0 Å². The lowest BCUT2D eigenvalue weighted by Gasteiger charge is -2.39. The van der Waals surface area contributed by atoms with E-state index in [4.69, 9.17) is 0 Å². The van der Waals surface area contributed by atoms with Crippen LogP contribution in [0.4, 0.5) is 11.4 Å². The first kappa shape index (κ1) is 27.1. The number of carbonyl (C=O) groups excluding carboxylic acids is 1. The molecule has 206 valence electrons. The summed E-state index contributed by atoms with van der Waals surface area (Å²) in [6, 6.07) is 18.8. The van der Waals surface area contributed by atoms with Crippen LogP contribution in [0.25, 0.3) is 0 Å². The van der Waals surface area contributed by atoms with E-state index >= 15 is 0 Å². The van der Waals surface area contributed by atoms with Gasteiger partial charge < -0.3 is 19.6 Å². The summed E-state index contributed by atoms with van der Waals surface area (Å²) in [6.45, 7) is 12.4. The highest BCUT2D eigenvalue weighted by Crippen LogP contribution is 2.24. The predicted molar refractivity (Wildman–Crippen MR) is 158 cm³/mol. The van der Waals surface area contributed by atoms with Gasteiger partial charge in [-0.25, -0.2) is 0 Å². The van der Waals surface area contributed by atoms with Crippen LogP contribution in [-0.2, 0) is 6.54 Å². The van der Waals surface area contributed by atoms with E-state index in [9.17, 15) is 4.79 Å². The average Bonchev–Trinajstić information content (AvgIpc) is 3.00. The van der Waals surface area contributed by atoms with E-state index in [0.717, 1.165) is 64.6 Å². The Labute approximate surface area is 233 Å². The molecular formula is C32H42N6O. The molecule has 0 bridgehead atoms. The molecule has 2 fully saturated rings. The monoisotopic (exact) mass is 526 g/mol. The second-order valence-corrected chi connectivity index (χ2v) is 11.2. The summed E-state index contributed by atoms with van der Waals surface area (Å²) in [5, 5.41) is 0. The lowest BCUT2D eigenvalue weighted by Crippen LogP contribution is -2.47. The number of likely N-dealkylation sites (tertiary alicyclic amines) is 1. The fraction of sp³-hybridized carbons (Fsp3) is 0.469. The molecule has 2 aliphatic rings. The number of anilines is 2. The van der Waals surface area contributed by atoms with Crippen molar-refractivity contribution in [2.75, 3.05) is 55.6 Å². The molecule has 0 unspecified atom stereocenters. The molecule has 3 aromatic rings. The maximum Gasteiger partial charge on any atom is 0.272 e. The Kier molecular flexibility index (Phi) is 9.09. The van der Waals surface area contributed by atoms with Gasteiger partial charge in [0.15, 0.2) is 0 Å². The summed E-state index contributed by atoms with van der Waals surface area (Å²) < 4.78 is 0. The predicted octanol–water partition coefficient (Wildman–Crippen LogP) is 4.96. The third-order valence-corrected chi connectivity index (χ3v) is 8.13. The van der Waals surface area contributed by atoms with Crippen LogP contribution in [0.5, 0.6) is 0 Å². The smallest absolute Gasteiger partial charge is 0.272 e. The first-order valence-corrected chi connectivity index (χ1v) is 14.5. The molecule has 2 aliphatic heterocycles. The van der Waals surface area contributed by atoms with Crippen LogP contribution in [0.15, 0.2) is 73.2 Å². The number of piperazine rings is 1. The summed E-state index contributed by atoms with van der Waals surface area (Å²) in [7, 11) is 0. The number of hydrogen-bond acceptors (Lipinski definition) is 6. The van der Waals surface area contributed by atoms with Crippen LogP contribution in [0.3, 0.4) is 0 Å². The third-order valence-electron chi connectivity index (χ3n) is 8.13. The molecule has 7 nitrogen and oxygen atoms in total. The topological polar surface area (TPSA) is 55.8 Å². The molecule has 0 spiro atoms. The zero-order valence-corrected chi connectivity index (χ0v) is 23.5. The van der Waals surface area contributed by atoms with Crippen LogP contribution < -0.4 is 9.80 Å². The summed E-state index contributed by atoms with van der Waals surface area (Å²) in [5.74, 6) is 0.755. The SMILES string of the molecule is CC(C)CCN1CCC(N(Cc2ccc(N3CCN(c4ccncc4)CC3)cc2)C(=O)c2ccccn2)CC1. The molecule has 0 aliphatic carbocycles. The number of aromatic nitrogens is 2. The van der Waals surface area contributed by atoms with Crippen LogP contribution >= 0.6 is 0 Å². The standard InChI is InChI=1S/C32H42N6O/c1-26(2)12-18-35-19-13-30(14-20-35)38(32(39)31-5-3-4-15-34-31)25-27-6-8-28(9-7-27)36-21-23-37(24-22-36)29-10-16-33-17-11-29/h3-11,15-17,26,30H,12-14,18-25H2,1-2H3. The lowest BCUT2D eigenvalue weighted by atomic mass is 10.0. The van der Waals surface area contributed by atoms with Gasteiger partial charge in [0, 0.05) is 81.8 Å². The average molecular weight is 527 g/mol. The van der Waals surface area contributed by atoms with E-state index in [1.165, 1.54) is 23.4 Å². The molecule has 39 heavy (non-hydrogen) atoms. The molecule has 0 radical (unpaired) electrons. The number of rotatable bonds is 9. The molecule has 0 N–H and O–H groups in total. The maximum absolute atomic E-state index is 13.6. The third kappa shape index (κ3) is 7.15. The second kappa shape index (κ2) is 13.1.